The van der Waals surface area contributed by atoms with Gasteiger partial charge in [-0.05, 0) is 53.5 Å². The average Bonchev–Trinajstić information content (AvgIpc) is 2.69. The molecule has 4 heteroatoms. The molecule has 28 heavy (non-hydrogen) atoms. The molecule has 0 amide bonds. The number of hydrogen-bond acceptors (Lipinski definition) is 1. The zero-order valence-corrected chi connectivity index (χ0v) is 15.9. The SMILES string of the molecule is C=CCCc1ccc(-c2ccc3c(F)c(CCC)c(OC(F)F)cc3c2)cc1. The summed E-state index contributed by atoms with van der Waals surface area (Å²) in [4.78, 5) is 0. The predicted octanol–water partition coefficient (Wildman–Crippen LogP) is 7.32. The summed E-state index contributed by atoms with van der Waals surface area (Å²) in [6.07, 6.45) is 4.72. The maximum Gasteiger partial charge on any atom is 0.387 e. The second kappa shape index (κ2) is 8.96. The van der Waals surface area contributed by atoms with E-state index in [2.05, 4.69) is 23.4 Å². The lowest BCUT2D eigenvalue weighted by Gasteiger charge is -2.14. The first-order chi connectivity index (χ1) is 13.5. The van der Waals surface area contributed by atoms with Crippen molar-refractivity contribution in [3.8, 4) is 16.9 Å². The summed E-state index contributed by atoms with van der Waals surface area (Å²) >= 11 is 0. The molecular weight excluding hydrogens is 361 g/mol. The molecule has 0 bridgehead atoms. The predicted molar refractivity (Wildman–Crippen MR) is 108 cm³/mol. The Hall–Kier alpha value is -2.75. The first-order valence-electron chi connectivity index (χ1n) is 9.43. The summed E-state index contributed by atoms with van der Waals surface area (Å²) in [6.45, 7) is 2.62. The third-order valence-corrected chi connectivity index (χ3v) is 4.78. The van der Waals surface area contributed by atoms with Gasteiger partial charge in [-0.1, -0.05) is 55.8 Å². The molecule has 0 heterocycles. The van der Waals surface area contributed by atoms with Crippen molar-refractivity contribution in [3.05, 3.63) is 78.1 Å². The quantitative estimate of drug-likeness (QED) is 0.370. The summed E-state index contributed by atoms with van der Waals surface area (Å²) < 4.78 is 45.1. The number of rotatable bonds is 8. The van der Waals surface area contributed by atoms with Gasteiger partial charge in [-0.15, -0.1) is 6.58 Å². The zero-order chi connectivity index (χ0) is 20.1. The molecule has 0 unspecified atom stereocenters. The van der Waals surface area contributed by atoms with Crippen molar-refractivity contribution in [2.24, 2.45) is 0 Å². The Balaban J connectivity index is 2.02. The molecule has 0 atom stereocenters. The van der Waals surface area contributed by atoms with E-state index in [9.17, 15) is 13.2 Å². The molecule has 3 aromatic rings. The lowest BCUT2D eigenvalue weighted by atomic mass is 9.96. The van der Waals surface area contributed by atoms with Gasteiger partial charge in [0.15, 0.2) is 0 Å². The standard InChI is InChI=1S/C24H23F3O/c1-3-5-7-16-8-10-17(11-9-16)18-12-13-20-19(14-18)15-22(28-24(26)27)21(6-4-2)23(20)25/h3,8-15,24H,1,4-7H2,2H3. The van der Waals surface area contributed by atoms with Gasteiger partial charge in [-0.25, -0.2) is 4.39 Å². The van der Waals surface area contributed by atoms with Crippen LogP contribution in [0.5, 0.6) is 5.75 Å². The highest BCUT2D eigenvalue weighted by Crippen LogP contribution is 2.34. The normalized spacial score (nSPS) is 11.2. The van der Waals surface area contributed by atoms with Crippen molar-refractivity contribution in [2.45, 2.75) is 39.2 Å². The van der Waals surface area contributed by atoms with Crippen molar-refractivity contribution in [3.63, 3.8) is 0 Å². The van der Waals surface area contributed by atoms with Crippen molar-refractivity contribution in [1.82, 2.24) is 0 Å². The van der Waals surface area contributed by atoms with Crippen LogP contribution in [0.25, 0.3) is 21.9 Å². The van der Waals surface area contributed by atoms with Crippen LogP contribution in [0.2, 0.25) is 0 Å². The molecule has 0 fully saturated rings. The van der Waals surface area contributed by atoms with Gasteiger partial charge < -0.3 is 4.74 Å². The molecule has 0 aliphatic rings. The maximum absolute atomic E-state index is 14.9. The Morgan fingerprint density at radius 2 is 1.71 bits per heavy atom. The molecule has 3 rings (SSSR count). The number of benzene rings is 3. The van der Waals surface area contributed by atoms with E-state index in [1.54, 1.807) is 6.07 Å². The first-order valence-corrected chi connectivity index (χ1v) is 9.43. The van der Waals surface area contributed by atoms with Gasteiger partial charge in [0.1, 0.15) is 11.6 Å². The largest absolute Gasteiger partial charge is 0.434 e. The van der Waals surface area contributed by atoms with Gasteiger partial charge in [0, 0.05) is 10.9 Å². The third-order valence-electron chi connectivity index (χ3n) is 4.78. The van der Waals surface area contributed by atoms with Crippen LogP contribution < -0.4 is 4.74 Å². The van der Waals surface area contributed by atoms with E-state index in [1.165, 1.54) is 11.6 Å². The van der Waals surface area contributed by atoms with E-state index in [4.69, 9.17) is 0 Å². The molecule has 0 saturated carbocycles. The molecule has 0 saturated heterocycles. The van der Waals surface area contributed by atoms with Crippen LogP contribution in [-0.2, 0) is 12.8 Å². The number of ether oxygens (including phenoxy) is 1. The second-order valence-corrected chi connectivity index (χ2v) is 6.76. The molecule has 0 spiro atoms. The van der Waals surface area contributed by atoms with Crippen LogP contribution in [0.4, 0.5) is 13.2 Å². The summed E-state index contributed by atoms with van der Waals surface area (Å²) in [5.74, 6) is -0.569. The minimum atomic E-state index is -2.99. The number of halogens is 3. The summed E-state index contributed by atoms with van der Waals surface area (Å²) in [5.41, 5.74) is 3.30. The molecule has 0 radical (unpaired) electrons. The Bertz CT molecular complexity index is 962. The van der Waals surface area contributed by atoms with E-state index in [1.807, 2.05) is 37.3 Å². The van der Waals surface area contributed by atoms with Gasteiger partial charge in [0.05, 0.1) is 0 Å². The number of fused-ring (bicyclic) bond motifs is 1. The smallest absolute Gasteiger partial charge is 0.387 e. The van der Waals surface area contributed by atoms with Crippen LogP contribution in [-0.4, -0.2) is 6.61 Å². The van der Waals surface area contributed by atoms with Crippen LogP contribution >= 0.6 is 0 Å². The van der Waals surface area contributed by atoms with E-state index in [0.29, 0.717) is 23.6 Å². The highest BCUT2D eigenvalue weighted by molar-refractivity contribution is 5.90. The van der Waals surface area contributed by atoms with E-state index >= 15 is 0 Å². The van der Waals surface area contributed by atoms with Crippen LogP contribution in [0.3, 0.4) is 0 Å². The number of alkyl halides is 2. The zero-order valence-electron chi connectivity index (χ0n) is 15.9. The van der Waals surface area contributed by atoms with Crippen molar-refractivity contribution >= 4 is 10.8 Å². The second-order valence-electron chi connectivity index (χ2n) is 6.76. The van der Waals surface area contributed by atoms with E-state index < -0.39 is 12.4 Å². The fourth-order valence-electron chi connectivity index (χ4n) is 3.38. The molecule has 0 aliphatic carbocycles. The maximum atomic E-state index is 14.9. The van der Waals surface area contributed by atoms with Crippen LogP contribution in [0.15, 0.2) is 61.2 Å². The molecule has 0 aliphatic heterocycles. The van der Waals surface area contributed by atoms with Gasteiger partial charge in [0.2, 0.25) is 0 Å². The lowest BCUT2D eigenvalue weighted by Crippen LogP contribution is -2.06. The van der Waals surface area contributed by atoms with Crippen LogP contribution in [0.1, 0.15) is 30.9 Å². The molecule has 3 aromatic carbocycles. The van der Waals surface area contributed by atoms with Crippen molar-refractivity contribution in [1.29, 1.82) is 0 Å². The number of allylic oxidation sites excluding steroid dienone is 1. The fraction of sp³-hybridized carbons (Fsp3) is 0.250. The molecule has 1 nitrogen and oxygen atoms in total. The topological polar surface area (TPSA) is 9.23 Å². The lowest BCUT2D eigenvalue weighted by molar-refractivity contribution is -0.0505. The van der Waals surface area contributed by atoms with Crippen molar-refractivity contribution in [2.75, 3.05) is 0 Å². The first kappa shape index (κ1) is 20.0. The summed E-state index contributed by atoms with van der Waals surface area (Å²) in [6, 6.07) is 15.0. The monoisotopic (exact) mass is 384 g/mol. The van der Waals surface area contributed by atoms with E-state index in [-0.39, 0.29) is 11.3 Å². The van der Waals surface area contributed by atoms with Gasteiger partial charge in [-0.3, -0.25) is 0 Å². The van der Waals surface area contributed by atoms with Crippen LogP contribution in [0, 0.1) is 5.82 Å². The highest BCUT2D eigenvalue weighted by atomic mass is 19.3. The molecular formula is C24H23F3O. The van der Waals surface area contributed by atoms with Gasteiger partial charge in [0.25, 0.3) is 0 Å². The molecule has 0 aromatic heterocycles. The minimum absolute atomic E-state index is 0.0845. The number of aryl methyl sites for hydroxylation is 1. The average molecular weight is 384 g/mol. The van der Waals surface area contributed by atoms with Crippen molar-refractivity contribution < 1.29 is 17.9 Å². The summed E-state index contributed by atoms with van der Waals surface area (Å²) in [7, 11) is 0. The van der Waals surface area contributed by atoms with Gasteiger partial charge >= 0.3 is 6.61 Å². The Kier molecular flexibility index (Phi) is 6.40. The van der Waals surface area contributed by atoms with E-state index in [0.717, 1.165) is 24.0 Å². The van der Waals surface area contributed by atoms with Gasteiger partial charge in [-0.2, -0.15) is 8.78 Å². The number of hydrogen-bond donors (Lipinski definition) is 0. The molecule has 146 valence electrons. The molecule has 0 N–H and O–H groups in total. The Morgan fingerprint density at radius 3 is 2.36 bits per heavy atom. The minimum Gasteiger partial charge on any atom is -0.434 e. The Labute approximate surface area is 163 Å². The Morgan fingerprint density at radius 1 is 1.00 bits per heavy atom. The third kappa shape index (κ3) is 4.38. The summed E-state index contributed by atoms with van der Waals surface area (Å²) in [5, 5.41) is 0.956. The fourth-order valence-corrected chi connectivity index (χ4v) is 3.38. The highest BCUT2D eigenvalue weighted by Gasteiger charge is 2.17.